The molecule has 2 aromatic carbocycles. The Morgan fingerprint density at radius 3 is 2.58 bits per heavy atom. The molecule has 4 nitrogen and oxygen atoms in total. The zero-order valence-electron chi connectivity index (χ0n) is 10.4. The molecule has 94 valence electrons. The Balaban J connectivity index is 2.07. The fraction of sp³-hybridized carbons (Fsp3) is 0.0667. The summed E-state index contributed by atoms with van der Waals surface area (Å²) in [5.41, 5.74) is 2.76. The van der Waals surface area contributed by atoms with Gasteiger partial charge in [0, 0.05) is 0 Å². The van der Waals surface area contributed by atoms with Crippen molar-refractivity contribution in [2.45, 2.75) is 6.92 Å². The zero-order chi connectivity index (χ0) is 13.2. The van der Waals surface area contributed by atoms with Crippen molar-refractivity contribution >= 4 is 22.3 Å². The van der Waals surface area contributed by atoms with E-state index in [9.17, 15) is 5.11 Å². The van der Waals surface area contributed by atoms with Crippen molar-refractivity contribution in [1.29, 1.82) is 0 Å². The molecule has 0 spiro atoms. The summed E-state index contributed by atoms with van der Waals surface area (Å²) in [6, 6.07) is 15.0. The van der Waals surface area contributed by atoms with Gasteiger partial charge in [0.25, 0.3) is 0 Å². The molecule has 1 heterocycles. The van der Waals surface area contributed by atoms with Crippen LogP contribution >= 0.6 is 0 Å². The summed E-state index contributed by atoms with van der Waals surface area (Å²) >= 11 is 0. The average molecular weight is 252 g/mol. The Labute approximate surface area is 110 Å². The Kier molecular flexibility index (Phi) is 2.76. The third kappa shape index (κ3) is 2.20. The highest BCUT2D eigenvalue weighted by Gasteiger charge is 2.13. The van der Waals surface area contributed by atoms with Crippen molar-refractivity contribution in [3.8, 4) is 5.95 Å². The van der Waals surface area contributed by atoms with Crippen molar-refractivity contribution in [2.75, 3.05) is 0 Å². The van der Waals surface area contributed by atoms with Crippen LogP contribution in [0.15, 0.2) is 63.2 Å². The summed E-state index contributed by atoms with van der Waals surface area (Å²) in [6.45, 7) is 1.97. The van der Waals surface area contributed by atoms with Crippen LogP contribution in [0.1, 0.15) is 5.56 Å². The molecule has 0 amide bonds. The second kappa shape index (κ2) is 4.57. The fourth-order valence-electron chi connectivity index (χ4n) is 1.88. The van der Waals surface area contributed by atoms with E-state index in [0.29, 0.717) is 11.3 Å². The van der Waals surface area contributed by atoms with Gasteiger partial charge in [0.2, 0.25) is 0 Å². The maximum Gasteiger partial charge on any atom is 0.311 e. The molecule has 0 saturated heterocycles. The molecule has 4 heteroatoms. The fourth-order valence-corrected chi connectivity index (χ4v) is 1.88. The number of aryl methyl sites for hydroxylation is 1. The molecule has 0 radical (unpaired) electrons. The number of nitrogens with zero attached hydrogens (tertiary/aromatic N) is 2. The summed E-state index contributed by atoms with van der Waals surface area (Å²) in [5.74, 6) is -0.208. The van der Waals surface area contributed by atoms with Crippen molar-refractivity contribution in [3.63, 3.8) is 0 Å². The second-order valence-corrected chi connectivity index (χ2v) is 4.29. The van der Waals surface area contributed by atoms with Crippen LogP contribution in [-0.2, 0) is 0 Å². The number of aromatic hydroxyl groups is 1. The lowest BCUT2D eigenvalue weighted by Crippen LogP contribution is -1.70. The maximum atomic E-state index is 9.78. The van der Waals surface area contributed by atoms with E-state index in [2.05, 4.69) is 10.2 Å². The molecule has 0 unspecified atom stereocenters. The lowest BCUT2D eigenvalue weighted by molar-refractivity contribution is 0.348. The Hall–Kier alpha value is -2.62. The molecule has 1 N–H and O–H groups in total. The third-order valence-electron chi connectivity index (χ3n) is 2.82. The van der Waals surface area contributed by atoms with Crippen molar-refractivity contribution in [2.24, 2.45) is 10.2 Å². The lowest BCUT2D eigenvalue weighted by Gasteiger charge is -1.93. The molecule has 19 heavy (non-hydrogen) atoms. The minimum atomic E-state index is -0.208. The topological polar surface area (TPSA) is 58.1 Å². The van der Waals surface area contributed by atoms with Crippen molar-refractivity contribution in [3.05, 3.63) is 54.1 Å². The number of benzene rings is 2. The molecule has 0 aliphatic heterocycles. The molecule has 0 aliphatic carbocycles. The van der Waals surface area contributed by atoms with Gasteiger partial charge in [0.05, 0.1) is 11.1 Å². The lowest BCUT2D eigenvalue weighted by atomic mass is 10.2. The van der Waals surface area contributed by atoms with Gasteiger partial charge in [-0.05, 0) is 31.2 Å². The van der Waals surface area contributed by atoms with Gasteiger partial charge < -0.3 is 9.52 Å². The molecule has 0 aliphatic rings. The van der Waals surface area contributed by atoms with Crippen molar-refractivity contribution < 1.29 is 9.52 Å². The van der Waals surface area contributed by atoms with Crippen LogP contribution in [0.5, 0.6) is 5.95 Å². The standard InChI is InChI=1S/C15H12N2O2/c1-10-7-8-13-12(9-10)14(15(18)19-13)17-16-11-5-3-2-4-6-11/h2-9,18H,1H3. The van der Waals surface area contributed by atoms with E-state index in [1.165, 1.54) is 0 Å². The van der Waals surface area contributed by atoms with Gasteiger partial charge in [0.15, 0.2) is 5.69 Å². The first-order chi connectivity index (χ1) is 9.24. The smallest absolute Gasteiger partial charge is 0.311 e. The molecule has 1 aromatic heterocycles. The van der Waals surface area contributed by atoms with E-state index in [1.54, 1.807) is 0 Å². The van der Waals surface area contributed by atoms with E-state index in [1.807, 2.05) is 55.5 Å². The van der Waals surface area contributed by atoms with Gasteiger partial charge in [-0.15, -0.1) is 5.11 Å². The van der Waals surface area contributed by atoms with Gasteiger partial charge in [-0.2, -0.15) is 5.11 Å². The number of rotatable bonds is 2. The summed E-state index contributed by atoms with van der Waals surface area (Å²) in [6.07, 6.45) is 0. The highest BCUT2D eigenvalue weighted by Crippen LogP contribution is 2.39. The first-order valence-electron chi connectivity index (χ1n) is 5.93. The predicted octanol–water partition coefficient (Wildman–Crippen LogP) is 4.86. The van der Waals surface area contributed by atoms with Crippen LogP contribution in [0, 0.1) is 6.92 Å². The Morgan fingerprint density at radius 2 is 1.79 bits per heavy atom. The van der Waals surface area contributed by atoms with Gasteiger partial charge in [-0.1, -0.05) is 29.8 Å². The van der Waals surface area contributed by atoms with Crippen LogP contribution in [0.4, 0.5) is 11.4 Å². The Morgan fingerprint density at radius 1 is 1.00 bits per heavy atom. The highest BCUT2D eigenvalue weighted by atomic mass is 16.5. The van der Waals surface area contributed by atoms with Crippen LogP contribution < -0.4 is 0 Å². The van der Waals surface area contributed by atoms with Gasteiger partial charge in [0.1, 0.15) is 5.58 Å². The van der Waals surface area contributed by atoms with Crippen LogP contribution in [-0.4, -0.2) is 5.11 Å². The maximum absolute atomic E-state index is 9.78. The SMILES string of the molecule is Cc1ccc2oc(O)c(N=Nc3ccccc3)c2c1. The summed E-state index contributed by atoms with van der Waals surface area (Å²) < 4.78 is 5.24. The predicted molar refractivity (Wildman–Crippen MR) is 73.2 cm³/mol. The van der Waals surface area contributed by atoms with E-state index in [0.717, 1.165) is 16.6 Å². The summed E-state index contributed by atoms with van der Waals surface area (Å²) in [7, 11) is 0. The number of fused-ring (bicyclic) bond motifs is 1. The zero-order valence-corrected chi connectivity index (χ0v) is 10.4. The second-order valence-electron chi connectivity index (χ2n) is 4.29. The van der Waals surface area contributed by atoms with Gasteiger partial charge in [-0.25, -0.2) is 0 Å². The van der Waals surface area contributed by atoms with Gasteiger partial charge in [-0.3, -0.25) is 0 Å². The number of azo groups is 1. The summed E-state index contributed by atoms with van der Waals surface area (Å²) in [5, 5.41) is 18.7. The van der Waals surface area contributed by atoms with E-state index in [-0.39, 0.29) is 5.95 Å². The molecule has 0 fully saturated rings. The molecule has 0 atom stereocenters. The molecule has 3 rings (SSSR count). The first kappa shape index (κ1) is 11.5. The Bertz CT molecular complexity index is 745. The average Bonchev–Trinajstić information content (AvgIpc) is 2.73. The first-order valence-corrected chi connectivity index (χ1v) is 5.93. The van der Waals surface area contributed by atoms with Crippen molar-refractivity contribution in [1.82, 2.24) is 0 Å². The van der Waals surface area contributed by atoms with E-state index < -0.39 is 0 Å². The molecule has 3 aromatic rings. The minimum absolute atomic E-state index is 0.208. The van der Waals surface area contributed by atoms with E-state index in [4.69, 9.17) is 4.42 Å². The monoisotopic (exact) mass is 252 g/mol. The quantitative estimate of drug-likeness (QED) is 0.662. The highest BCUT2D eigenvalue weighted by molar-refractivity contribution is 5.92. The number of furan rings is 1. The van der Waals surface area contributed by atoms with Crippen LogP contribution in [0.3, 0.4) is 0 Å². The number of hydrogen-bond acceptors (Lipinski definition) is 4. The summed E-state index contributed by atoms with van der Waals surface area (Å²) in [4.78, 5) is 0. The van der Waals surface area contributed by atoms with Gasteiger partial charge >= 0.3 is 5.95 Å². The molecular weight excluding hydrogens is 240 g/mol. The normalized spacial score (nSPS) is 11.4. The molecule has 0 saturated carbocycles. The third-order valence-corrected chi connectivity index (χ3v) is 2.82. The van der Waals surface area contributed by atoms with Crippen LogP contribution in [0.2, 0.25) is 0 Å². The van der Waals surface area contributed by atoms with Crippen LogP contribution in [0.25, 0.3) is 11.0 Å². The minimum Gasteiger partial charge on any atom is -0.479 e. The number of hydrogen-bond donors (Lipinski definition) is 1. The largest absolute Gasteiger partial charge is 0.479 e. The molecular formula is C15H12N2O2. The van der Waals surface area contributed by atoms with E-state index >= 15 is 0 Å². The molecule has 0 bridgehead atoms.